The number of carbonyl (C=O) groups excluding carboxylic acids is 1. The lowest BCUT2D eigenvalue weighted by Gasteiger charge is -2.10. The number of aryl methyl sites for hydroxylation is 1. The molecule has 148 valence electrons. The van der Waals surface area contributed by atoms with E-state index in [2.05, 4.69) is 10.3 Å². The molecule has 4 aromatic rings. The van der Waals surface area contributed by atoms with E-state index in [4.69, 9.17) is 14.4 Å². The molecule has 0 spiro atoms. The van der Waals surface area contributed by atoms with Crippen molar-refractivity contribution >= 4 is 22.7 Å². The lowest BCUT2D eigenvalue weighted by molar-refractivity contribution is -0.118. The summed E-state index contributed by atoms with van der Waals surface area (Å²) in [6.07, 6.45) is 0. The molecule has 0 unspecified atom stereocenters. The number of oxazole rings is 1. The second-order valence-electron chi connectivity index (χ2n) is 6.61. The van der Waals surface area contributed by atoms with Crippen LogP contribution in [-0.4, -0.2) is 17.5 Å². The Morgan fingerprint density at radius 1 is 1.20 bits per heavy atom. The number of aromatic nitrogens is 1. The maximum atomic E-state index is 14.6. The van der Waals surface area contributed by atoms with Crippen molar-refractivity contribution < 1.29 is 18.3 Å². The maximum absolute atomic E-state index is 14.6. The van der Waals surface area contributed by atoms with Crippen LogP contribution in [0.15, 0.2) is 65.1 Å². The zero-order chi connectivity index (χ0) is 21.1. The predicted molar refractivity (Wildman–Crippen MR) is 109 cm³/mol. The zero-order valence-electron chi connectivity index (χ0n) is 16.0. The molecule has 7 heteroatoms. The Kier molecular flexibility index (Phi) is 5.14. The lowest BCUT2D eigenvalue weighted by atomic mass is 10.2. The number of ether oxygens (including phenoxy) is 1. The quantitative estimate of drug-likeness (QED) is 0.517. The normalized spacial score (nSPS) is 10.6. The van der Waals surface area contributed by atoms with Crippen molar-refractivity contribution in [2.45, 2.75) is 6.92 Å². The number of nitrogens with one attached hydrogen (secondary N) is 1. The molecule has 0 saturated carbocycles. The Labute approximate surface area is 171 Å². The molecule has 0 bridgehead atoms. The summed E-state index contributed by atoms with van der Waals surface area (Å²) >= 11 is 0. The molecular formula is C23H16FN3O3. The van der Waals surface area contributed by atoms with Gasteiger partial charge in [-0.25, -0.2) is 9.37 Å². The highest BCUT2D eigenvalue weighted by atomic mass is 19.1. The standard InChI is InChI=1S/C23H16FN3O3/c1-14-4-2-3-5-20(14)29-13-22(28)26-16-7-8-17(18(24)11-16)23-27-19-10-15(12-25)6-9-21(19)30-23/h2-11H,13H2,1H3,(H,26,28). The molecular weight excluding hydrogens is 385 g/mol. The van der Waals surface area contributed by atoms with E-state index < -0.39 is 11.7 Å². The third kappa shape index (κ3) is 3.98. The highest BCUT2D eigenvalue weighted by Crippen LogP contribution is 2.28. The number of amides is 1. The summed E-state index contributed by atoms with van der Waals surface area (Å²) < 4.78 is 25.7. The number of hydrogen-bond donors (Lipinski definition) is 1. The Balaban J connectivity index is 1.47. The minimum atomic E-state index is -0.598. The second-order valence-corrected chi connectivity index (χ2v) is 6.61. The summed E-state index contributed by atoms with van der Waals surface area (Å²) in [6, 6.07) is 18.4. The number of rotatable bonds is 5. The largest absolute Gasteiger partial charge is 0.483 e. The van der Waals surface area contributed by atoms with E-state index in [9.17, 15) is 9.18 Å². The van der Waals surface area contributed by atoms with Gasteiger partial charge in [-0.2, -0.15) is 5.26 Å². The second kappa shape index (κ2) is 8.05. The molecule has 0 aliphatic heterocycles. The highest BCUT2D eigenvalue weighted by molar-refractivity contribution is 5.92. The summed E-state index contributed by atoms with van der Waals surface area (Å²) in [5.41, 5.74) is 2.72. The van der Waals surface area contributed by atoms with Crippen molar-refractivity contribution in [3.05, 3.63) is 77.6 Å². The van der Waals surface area contributed by atoms with Gasteiger partial charge in [-0.15, -0.1) is 0 Å². The van der Waals surface area contributed by atoms with Crippen LogP contribution in [0.2, 0.25) is 0 Å². The van der Waals surface area contributed by atoms with Crippen LogP contribution in [0.1, 0.15) is 11.1 Å². The van der Waals surface area contributed by atoms with Crippen LogP contribution < -0.4 is 10.1 Å². The number of benzene rings is 3. The Morgan fingerprint density at radius 3 is 2.80 bits per heavy atom. The van der Waals surface area contributed by atoms with Crippen LogP contribution in [0, 0.1) is 24.1 Å². The van der Waals surface area contributed by atoms with Crippen LogP contribution >= 0.6 is 0 Å². The number of nitrogens with zero attached hydrogens (tertiary/aromatic N) is 2. The van der Waals surface area contributed by atoms with Gasteiger partial charge in [-0.05, 0) is 55.0 Å². The van der Waals surface area contributed by atoms with Crippen LogP contribution in [0.25, 0.3) is 22.6 Å². The maximum Gasteiger partial charge on any atom is 0.262 e. The molecule has 6 nitrogen and oxygen atoms in total. The molecule has 0 fully saturated rings. The number of fused-ring (bicyclic) bond motifs is 1. The Hall–Kier alpha value is -4.18. The van der Waals surface area contributed by atoms with Gasteiger partial charge in [0.2, 0.25) is 5.89 Å². The van der Waals surface area contributed by atoms with Gasteiger partial charge in [0.15, 0.2) is 12.2 Å². The average molecular weight is 401 g/mol. The molecule has 1 amide bonds. The van der Waals surface area contributed by atoms with Gasteiger partial charge in [0.25, 0.3) is 5.91 Å². The molecule has 0 saturated heterocycles. The van der Waals surface area contributed by atoms with E-state index in [1.54, 1.807) is 30.3 Å². The van der Waals surface area contributed by atoms with E-state index in [1.807, 2.05) is 31.2 Å². The minimum absolute atomic E-state index is 0.0957. The van der Waals surface area contributed by atoms with Gasteiger partial charge in [0, 0.05) is 5.69 Å². The molecule has 0 radical (unpaired) electrons. The van der Waals surface area contributed by atoms with Crippen molar-refractivity contribution in [3.63, 3.8) is 0 Å². The summed E-state index contributed by atoms with van der Waals surface area (Å²) in [7, 11) is 0. The third-order valence-electron chi connectivity index (χ3n) is 4.45. The molecule has 0 aliphatic carbocycles. The Morgan fingerprint density at radius 2 is 2.03 bits per heavy atom. The molecule has 0 atom stereocenters. The van der Waals surface area contributed by atoms with Crippen LogP contribution in [0.3, 0.4) is 0 Å². The fraction of sp³-hybridized carbons (Fsp3) is 0.0870. The van der Waals surface area contributed by atoms with Crippen LogP contribution in [-0.2, 0) is 4.79 Å². The summed E-state index contributed by atoms with van der Waals surface area (Å²) in [4.78, 5) is 16.4. The van der Waals surface area contributed by atoms with Gasteiger partial charge in [-0.1, -0.05) is 18.2 Å². The number of hydrogen-bond acceptors (Lipinski definition) is 5. The van der Waals surface area contributed by atoms with E-state index in [0.29, 0.717) is 22.4 Å². The first kappa shape index (κ1) is 19.2. The zero-order valence-corrected chi connectivity index (χ0v) is 16.0. The fourth-order valence-corrected chi connectivity index (χ4v) is 2.94. The topological polar surface area (TPSA) is 88.1 Å². The molecule has 30 heavy (non-hydrogen) atoms. The SMILES string of the molecule is Cc1ccccc1OCC(=O)Nc1ccc(-c2nc3cc(C#N)ccc3o2)c(F)c1. The van der Waals surface area contributed by atoms with Crippen molar-refractivity contribution in [2.75, 3.05) is 11.9 Å². The van der Waals surface area contributed by atoms with Crippen molar-refractivity contribution in [2.24, 2.45) is 0 Å². The first-order valence-electron chi connectivity index (χ1n) is 9.12. The van der Waals surface area contributed by atoms with Crippen molar-refractivity contribution in [1.82, 2.24) is 4.98 Å². The monoisotopic (exact) mass is 401 g/mol. The number of carbonyl (C=O) groups is 1. The van der Waals surface area contributed by atoms with Crippen LogP contribution in [0.5, 0.6) is 5.75 Å². The lowest BCUT2D eigenvalue weighted by Crippen LogP contribution is -2.20. The van der Waals surface area contributed by atoms with E-state index in [1.165, 1.54) is 12.1 Å². The number of anilines is 1. The first-order valence-corrected chi connectivity index (χ1v) is 9.12. The number of halogens is 1. The molecule has 1 aromatic heterocycles. The smallest absolute Gasteiger partial charge is 0.262 e. The summed E-state index contributed by atoms with van der Waals surface area (Å²) in [5.74, 6) is -0.293. The average Bonchev–Trinajstić information content (AvgIpc) is 3.16. The van der Waals surface area contributed by atoms with Crippen LogP contribution in [0.4, 0.5) is 10.1 Å². The van der Waals surface area contributed by atoms with E-state index in [0.717, 1.165) is 5.56 Å². The molecule has 1 N–H and O–H groups in total. The highest BCUT2D eigenvalue weighted by Gasteiger charge is 2.15. The fourth-order valence-electron chi connectivity index (χ4n) is 2.94. The molecule has 3 aromatic carbocycles. The van der Waals surface area contributed by atoms with E-state index >= 15 is 0 Å². The van der Waals surface area contributed by atoms with Gasteiger partial charge in [0.05, 0.1) is 17.2 Å². The van der Waals surface area contributed by atoms with Gasteiger partial charge < -0.3 is 14.5 Å². The summed E-state index contributed by atoms with van der Waals surface area (Å²) in [5, 5.41) is 11.6. The van der Waals surface area contributed by atoms with Gasteiger partial charge in [-0.3, -0.25) is 4.79 Å². The third-order valence-corrected chi connectivity index (χ3v) is 4.45. The summed E-state index contributed by atoms with van der Waals surface area (Å²) in [6.45, 7) is 1.69. The minimum Gasteiger partial charge on any atom is -0.483 e. The van der Waals surface area contributed by atoms with Gasteiger partial charge in [0.1, 0.15) is 17.1 Å². The van der Waals surface area contributed by atoms with Crippen molar-refractivity contribution in [3.8, 4) is 23.3 Å². The molecule has 1 heterocycles. The predicted octanol–water partition coefficient (Wildman–Crippen LogP) is 4.83. The first-order chi connectivity index (χ1) is 14.5. The van der Waals surface area contributed by atoms with E-state index in [-0.39, 0.29) is 23.7 Å². The number of para-hydroxylation sites is 1. The number of nitriles is 1. The Bertz CT molecular complexity index is 1290. The molecule has 0 aliphatic rings. The molecule has 4 rings (SSSR count). The van der Waals surface area contributed by atoms with Crippen molar-refractivity contribution in [1.29, 1.82) is 5.26 Å². The van der Waals surface area contributed by atoms with Gasteiger partial charge >= 0.3 is 0 Å².